The third-order valence-corrected chi connectivity index (χ3v) is 3.98. The maximum absolute atomic E-state index is 12.3. The highest BCUT2D eigenvalue weighted by molar-refractivity contribution is 6.42. The van der Waals surface area contributed by atoms with Gasteiger partial charge in [-0.2, -0.15) is 0 Å². The molecule has 0 aliphatic rings. The van der Waals surface area contributed by atoms with Crippen LogP contribution in [0.15, 0.2) is 36.5 Å². The Labute approximate surface area is 155 Å². The first-order valence-corrected chi connectivity index (χ1v) is 8.26. The van der Waals surface area contributed by atoms with Crippen LogP contribution >= 0.6 is 23.2 Å². The lowest BCUT2D eigenvalue weighted by molar-refractivity contribution is 0.0943. The molecule has 0 aliphatic carbocycles. The number of nitrogens with zero attached hydrogens (tertiary/aromatic N) is 1. The first-order valence-electron chi connectivity index (χ1n) is 7.51. The molecule has 0 fully saturated rings. The van der Waals surface area contributed by atoms with E-state index < -0.39 is 0 Å². The van der Waals surface area contributed by atoms with Crippen molar-refractivity contribution in [3.63, 3.8) is 0 Å². The van der Waals surface area contributed by atoms with Crippen LogP contribution in [0.3, 0.4) is 0 Å². The zero-order valence-corrected chi connectivity index (χ0v) is 15.0. The second kappa shape index (κ2) is 9.36. The molecule has 1 aromatic heterocycles. The molecular weight excluding hydrogens is 365 g/mol. The van der Waals surface area contributed by atoms with E-state index in [1.807, 2.05) is 0 Å². The number of carbonyl (C=O) groups is 2. The summed E-state index contributed by atoms with van der Waals surface area (Å²) in [7, 11) is 1.60. The Morgan fingerprint density at radius 1 is 1.12 bits per heavy atom. The Morgan fingerprint density at radius 3 is 2.64 bits per heavy atom. The van der Waals surface area contributed by atoms with Crippen LogP contribution in [0.2, 0.25) is 10.0 Å². The summed E-state index contributed by atoms with van der Waals surface area (Å²) in [6, 6.07) is 7.72. The number of rotatable bonds is 7. The number of amides is 2. The average Bonchev–Trinajstić information content (AvgIpc) is 2.62. The molecule has 0 spiro atoms. The van der Waals surface area contributed by atoms with Crippen LogP contribution in [-0.4, -0.2) is 37.1 Å². The lowest BCUT2D eigenvalue weighted by Gasteiger charge is -2.08. The minimum Gasteiger partial charge on any atom is -0.385 e. The van der Waals surface area contributed by atoms with Crippen LogP contribution in [-0.2, 0) is 4.74 Å². The summed E-state index contributed by atoms with van der Waals surface area (Å²) in [5, 5.41) is 6.15. The lowest BCUT2D eigenvalue weighted by atomic mass is 10.2. The number of methoxy groups -OCH3 is 1. The molecule has 2 rings (SSSR count). The molecule has 0 unspecified atom stereocenters. The molecule has 0 bridgehead atoms. The van der Waals surface area contributed by atoms with Crippen molar-refractivity contribution in [2.45, 2.75) is 6.42 Å². The van der Waals surface area contributed by atoms with Crippen LogP contribution in [0.25, 0.3) is 0 Å². The fourth-order valence-corrected chi connectivity index (χ4v) is 2.28. The number of halogens is 2. The summed E-state index contributed by atoms with van der Waals surface area (Å²) < 4.78 is 4.91. The summed E-state index contributed by atoms with van der Waals surface area (Å²) in [5.74, 6) is -0.727. The molecule has 0 saturated heterocycles. The molecule has 2 N–H and O–H groups in total. The van der Waals surface area contributed by atoms with E-state index in [-0.39, 0.29) is 17.5 Å². The van der Waals surface area contributed by atoms with Gasteiger partial charge in [0.2, 0.25) is 0 Å². The van der Waals surface area contributed by atoms with Crippen molar-refractivity contribution in [2.24, 2.45) is 0 Å². The number of aromatic nitrogens is 1. The van der Waals surface area contributed by atoms with Gasteiger partial charge in [0.15, 0.2) is 0 Å². The number of carbonyl (C=O) groups excluding carboxylic acids is 2. The fraction of sp³-hybridized carbons (Fsp3) is 0.235. The maximum Gasteiger partial charge on any atom is 0.269 e. The number of anilines is 1. The van der Waals surface area contributed by atoms with E-state index in [1.165, 1.54) is 18.3 Å². The Hall–Kier alpha value is -2.15. The Balaban J connectivity index is 2.03. The second-order valence-electron chi connectivity index (χ2n) is 5.12. The van der Waals surface area contributed by atoms with Crippen molar-refractivity contribution >= 4 is 40.7 Å². The summed E-state index contributed by atoms with van der Waals surface area (Å²) in [6.45, 7) is 1.02. The van der Waals surface area contributed by atoms with Gasteiger partial charge in [0.25, 0.3) is 11.8 Å². The van der Waals surface area contributed by atoms with Crippen molar-refractivity contribution in [2.75, 3.05) is 25.6 Å². The molecule has 0 atom stereocenters. The number of hydrogen-bond donors (Lipinski definition) is 2. The highest BCUT2D eigenvalue weighted by Crippen LogP contribution is 2.25. The smallest absolute Gasteiger partial charge is 0.269 e. The highest BCUT2D eigenvalue weighted by Gasteiger charge is 2.12. The minimum absolute atomic E-state index is 0.166. The lowest BCUT2D eigenvalue weighted by Crippen LogP contribution is -2.26. The van der Waals surface area contributed by atoms with Crippen LogP contribution in [0.4, 0.5) is 5.69 Å². The molecule has 1 aromatic carbocycles. The first kappa shape index (κ1) is 19.2. The summed E-state index contributed by atoms with van der Waals surface area (Å²) >= 11 is 11.8. The number of benzene rings is 1. The molecule has 132 valence electrons. The van der Waals surface area contributed by atoms with E-state index in [2.05, 4.69) is 15.6 Å². The summed E-state index contributed by atoms with van der Waals surface area (Å²) in [4.78, 5) is 28.4. The largest absolute Gasteiger partial charge is 0.385 e. The van der Waals surface area contributed by atoms with Crippen LogP contribution in [0.1, 0.15) is 27.3 Å². The van der Waals surface area contributed by atoms with Gasteiger partial charge >= 0.3 is 0 Å². The predicted octanol–water partition coefficient (Wildman–Crippen LogP) is 3.41. The third-order valence-electron chi connectivity index (χ3n) is 3.24. The summed E-state index contributed by atoms with van der Waals surface area (Å²) in [5.41, 5.74) is 0.976. The number of hydrogen-bond acceptors (Lipinski definition) is 4. The minimum atomic E-state index is -0.380. The van der Waals surface area contributed by atoms with Gasteiger partial charge in [-0.15, -0.1) is 0 Å². The second-order valence-corrected chi connectivity index (χ2v) is 5.93. The third kappa shape index (κ3) is 5.70. The zero-order chi connectivity index (χ0) is 18.2. The van der Waals surface area contributed by atoms with Gasteiger partial charge in [-0.3, -0.25) is 14.6 Å². The molecule has 0 aliphatic heterocycles. The highest BCUT2D eigenvalue weighted by atomic mass is 35.5. The zero-order valence-electron chi connectivity index (χ0n) is 13.5. The van der Waals surface area contributed by atoms with Crippen molar-refractivity contribution in [1.29, 1.82) is 0 Å². The molecule has 2 amide bonds. The van der Waals surface area contributed by atoms with Gasteiger partial charge in [-0.25, -0.2) is 0 Å². The van der Waals surface area contributed by atoms with E-state index in [0.29, 0.717) is 40.9 Å². The number of nitrogens with one attached hydrogen (secondary N) is 2. The molecule has 25 heavy (non-hydrogen) atoms. The molecule has 0 radical (unpaired) electrons. The van der Waals surface area contributed by atoms with Crippen molar-refractivity contribution in [3.05, 3.63) is 57.8 Å². The standard InChI is InChI=1S/C17H17Cl2N3O3/c1-25-8-2-6-21-17(24)15-9-11(5-7-20-15)16(23)22-12-3-4-13(18)14(19)10-12/h3-5,7,9-10H,2,6,8H2,1H3,(H,21,24)(H,22,23). The monoisotopic (exact) mass is 381 g/mol. The molecule has 8 heteroatoms. The van der Waals surface area contributed by atoms with Gasteiger partial charge in [0.05, 0.1) is 10.0 Å². The van der Waals surface area contributed by atoms with E-state index in [1.54, 1.807) is 25.3 Å². The van der Waals surface area contributed by atoms with Crippen LogP contribution in [0.5, 0.6) is 0 Å². The van der Waals surface area contributed by atoms with Crippen molar-refractivity contribution < 1.29 is 14.3 Å². The molecule has 2 aromatic rings. The Morgan fingerprint density at radius 2 is 1.92 bits per heavy atom. The quantitative estimate of drug-likeness (QED) is 0.720. The topological polar surface area (TPSA) is 80.3 Å². The van der Waals surface area contributed by atoms with E-state index in [9.17, 15) is 9.59 Å². The molecule has 1 heterocycles. The fourth-order valence-electron chi connectivity index (χ4n) is 1.98. The molecular formula is C17H17Cl2N3O3. The predicted molar refractivity (Wildman–Crippen MR) is 97.5 cm³/mol. The van der Waals surface area contributed by atoms with Gasteiger partial charge < -0.3 is 15.4 Å². The number of ether oxygens (including phenoxy) is 1. The Kier molecular flexibility index (Phi) is 7.18. The van der Waals surface area contributed by atoms with Gasteiger partial charge in [0, 0.05) is 37.7 Å². The van der Waals surface area contributed by atoms with E-state index in [0.717, 1.165) is 0 Å². The van der Waals surface area contributed by atoms with Gasteiger partial charge in [-0.1, -0.05) is 23.2 Å². The average molecular weight is 382 g/mol. The Bertz CT molecular complexity index is 769. The van der Waals surface area contributed by atoms with Gasteiger partial charge in [-0.05, 0) is 36.8 Å². The SMILES string of the molecule is COCCCNC(=O)c1cc(C(=O)Nc2ccc(Cl)c(Cl)c2)ccn1. The molecule has 0 saturated carbocycles. The van der Waals surface area contributed by atoms with E-state index in [4.69, 9.17) is 27.9 Å². The maximum atomic E-state index is 12.3. The molecule has 6 nitrogen and oxygen atoms in total. The van der Waals surface area contributed by atoms with Crippen LogP contribution in [0, 0.1) is 0 Å². The first-order chi connectivity index (χ1) is 12.0. The van der Waals surface area contributed by atoms with Crippen molar-refractivity contribution in [1.82, 2.24) is 10.3 Å². The number of pyridine rings is 1. The van der Waals surface area contributed by atoms with Crippen molar-refractivity contribution in [3.8, 4) is 0 Å². The van der Waals surface area contributed by atoms with E-state index >= 15 is 0 Å². The summed E-state index contributed by atoms with van der Waals surface area (Å²) in [6.07, 6.45) is 2.10. The van der Waals surface area contributed by atoms with Gasteiger partial charge in [0.1, 0.15) is 5.69 Å². The normalized spacial score (nSPS) is 10.4. The van der Waals surface area contributed by atoms with Crippen LogP contribution < -0.4 is 10.6 Å².